The minimum absolute atomic E-state index is 0. The average molecular weight is 544 g/mol. The zero-order valence-corrected chi connectivity index (χ0v) is 23.8. The quantitative estimate of drug-likeness (QED) is 0.358. The van der Waals surface area contributed by atoms with E-state index in [-0.39, 0.29) is 25.2 Å². The fourth-order valence-electron chi connectivity index (χ4n) is 8.05. The summed E-state index contributed by atoms with van der Waals surface area (Å²) < 4.78 is 12.4. The van der Waals surface area contributed by atoms with Crippen molar-refractivity contribution in [1.29, 1.82) is 0 Å². The van der Waals surface area contributed by atoms with Gasteiger partial charge in [0, 0.05) is 24.3 Å². The Morgan fingerprint density at radius 3 is 2.38 bits per heavy atom. The van der Waals surface area contributed by atoms with E-state index in [1.54, 1.807) is 13.8 Å². The summed E-state index contributed by atoms with van der Waals surface area (Å²) >= 11 is 0. The fraction of sp³-hybridized carbons (Fsp3) is 0.857. The Morgan fingerprint density at radius 1 is 1.16 bits per heavy atom. The molecule has 8 atom stereocenters. The number of rotatable bonds is 5. The highest BCUT2D eigenvalue weighted by molar-refractivity contribution is 5.92. The molecule has 2 aliphatic carbocycles. The van der Waals surface area contributed by atoms with Gasteiger partial charge in [-0.15, -0.1) is 19.0 Å². The number of carbonyl (C=O) groups is 2. The minimum Gasteiger partial charge on any atom is -0.459 e. The number of piperidine rings is 1. The molecule has 2 aliphatic heterocycles. The van der Waals surface area contributed by atoms with Gasteiger partial charge in [0.25, 0.3) is 0 Å². The van der Waals surface area contributed by atoms with Gasteiger partial charge in [-0.3, -0.25) is 9.59 Å². The summed E-state index contributed by atoms with van der Waals surface area (Å²) in [5.41, 5.74) is -7.10. The van der Waals surface area contributed by atoms with Crippen molar-refractivity contribution in [2.24, 2.45) is 16.7 Å². The van der Waals surface area contributed by atoms with Crippen LogP contribution in [0.4, 0.5) is 0 Å². The second-order valence-corrected chi connectivity index (χ2v) is 12.9. The number of aliphatic hydroxyl groups excluding tert-OH is 2. The standard InChI is InChI=1S/C28H45NO7.ClH/c1-7-25(4)17-19(31)28(34)26(5)18(30)11-13-24(2,3)22(26)21(23(33)27(28,6)36-25)35-20(32)12-16-29-14-9-8-10-15-29;/h7,18,21-23,30,33-34H,1,8-17H2,2-6H3;1H/t18-,21-,22-,23-,25+,26-,27+,28-;/m1./s1. The molecule has 4 aliphatic rings. The lowest BCUT2D eigenvalue weighted by Gasteiger charge is -2.71. The number of hydrogen-bond donors (Lipinski definition) is 3. The largest absolute Gasteiger partial charge is 0.459 e. The van der Waals surface area contributed by atoms with E-state index in [2.05, 4.69) is 11.5 Å². The molecule has 0 radical (unpaired) electrons. The van der Waals surface area contributed by atoms with E-state index < -0.39 is 63.6 Å². The van der Waals surface area contributed by atoms with Crippen LogP contribution in [0.2, 0.25) is 0 Å². The fourth-order valence-corrected chi connectivity index (χ4v) is 8.05. The third kappa shape index (κ3) is 4.49. The second-order valence-electron chi connectivity index (χ2n) is 12.9. The van der Waals surface area contributed by atoms with Crippen LogP contribution >= 0.6 is 12.4 Å². The summed E-state index contributed by atoms with van der Waals surface area (Å²) in [4.78, 5) is 29.2. The highest BCUT2D eigenvalue weighted by Crippen LogP contribution is 2.67. The molecule has 0 unspecified atom stereocenters. The SMILES string of the molecule is C=C[C@@]1(C)CC(=O)[C@@]2(O)[C@]3(C)[C@H](O)CCC(C)(C)[C@H]3[C@@H](OC(=O)CCN3CCCCC3)[C@@H](O)[C@]2(C)O1.Cl. The first-order chi connectivity index (χ1) is 16.7. The molecule has 2 saturated heterocycles. The lowest BCUT2D eigenvalue weighted by Crippen LogP contribution is -2.86. The van der Waals surface area contributed by atoms with Crippen LogP contribution in [-0.4, -0.2) is 86.7 Å². The number of ether oxygens (including phenoxy) is 2. The molecule has 9 heteroatoms. The highest BCUT2D eigenvalue weighted by atomic mass is 35.5. The van der Waals surface area contributed by atoms with Gasteiger partial charge in [0.05, 0.1) is 18.1 Å². The summed E-state index contributed by atoms with van der Waals surface area (Å²) in [5, 5.41) is 35.6. The summed E-state index contributed by atoms with van der Waals surface area (Å²) in [6, 6.07) is 0. The van der Waals surface area contributed by atoms with Crippen molar-refractivity contribution in [2.45, 2.75) is 115 Å². The molecule has 0 aromatic carbocycles. The Bertz CT molecular complexity index is 907. The molecule has 0 aromatic heterocycles. The van der Waals surface area contributed by atoms with Crippen molar-refractivity contribution in [1.82, 2.24) is 4.90 Å². The third-order valence-corrected chi connectivity index (χ3v) is 10.1. The van der Waals surface area contributed by atoms with E-state index in [9.17, 15) is 24.9 Å². The molecule has 3 N–H and O–H groups in total. The van der Waals surface area contributed by atoms with E-state index in [0.717, 1.165) is 25.9 Å². The van der Waals surface area contributed by atoms with Gasteiger partial charge in [-0.25, -0.2) is 0 Å². The zero-order chi connectivity index (χ0) is 26.7. The first-order valence-electron chi connectivity index (χ1n) is 13.5. The van der Waals surface area contributed by atoms with Crippen molar-refractivity contribution in [3.63, 3.8) is 0 Å². The molecule has 2 saturated carbocycles. The molecule has 8 nitrogen and oxygen atoms in total. The first kappa shape index (κ1) is 30.5. The maximum atomic E-state index is 13.8. The van der Waals surface area contributed by atoms with E-state index in [1.165, 1.54) is 19.4 Å². The van der Waals surface area contributed by atoms with Gasteiger partial charge < -0.3 is 29.7 Å². The normalized spacial score (nSPS) is 45.7. The lowest BCUT2D eigenvalue weighted by atomic mass is 9.40. The summed E-state index contributed by atoms with van der Waals surface area (Å²) in [5.74, 6) is -1.62. The molecule has 2 heterocycles. The predicted molar refractivity (Wildman–Crippen MR) is 141 cm³/mol. The van der Waals surface area contributed by atoms with Crippen LogP contribution in [0.1, 0.15) is 79.6 Å². The van der Waals surface area contributed by atoms with Crippen molar-refractivity contribution < 1.29 is 34.4 Å². The van der Waals surface area contributed by atoms with Crippen LogP contribution in [0, 0.1) is 16.7 Å². The highest BCUT2D eigenvalue weighted by Gasteiger charge is 2.81. The Hall–Kier alpha value is -1.03. The van der Waals surface area contributed by atoms with Crippen LogP contribution < -0.4 is 0 Å². The maximum absolute atomic E-state index is 13.8. The van der Waals surface area contributed by atoms with Crippen molar-refractivity contribution in [3.8, 4) is 0 Å². The number of fused-ring (bicyclic) bond motifs is 3. The maximum Gasteiger partial charge on any atom is 0.307 e. The number of halogens is 1. The number of ketones is 1. The van der Waals surface area contributed by atoms with Crippen LogP contribution in [-0.2, 0) is 19.1 Å². The van der Waals surface area contributed by atoms with Gasteiger partial charge in [0.2, 0.25) is 0 Å². The molecule has 212 valence electrons. The van der Waals surface area contributed by atoms with E-state index in [0.29, 0.717) is 19.4 Å². The predicted octanol–water partition coefficient (Wildman–Crippen LogP) is 2.80. The molecule has 0 amide bonds. The molecule has 37 heavy (non-hydrogen) atoms. The number of hydrogen-bond acceptors (Lipinski definition) is 8. The molecular weight excluding hydrogens is 498 g/mol. The van der Waals surface area contributed by atoms with Crippen LogP contribution in [0.15, 0.2) is 12.7 Å². The lowest BCUT2D eigenvalue weighted by molar-refractivity contribution is -0.370. The molecule has 0 spiro atoms. The smallest absolute Gasteiger partial charge is 0.307 e. The summed E-state index contributed by atoms with van der Waals surface area (Å²) in [6.07, 6.45) is 2.33. The Kier molecular flexibility index (Phi) is 8.39. The van der Waals surface area contributed by atoms with Crippen molar-refractivity contribution in [3.05, 3.63) is 12.7 Å². The van der Waals surface area contributed by atoms with Crippen molar-refractivity contribution in [2.75, 3.05) is 19.6 Å². The Balaban J connectivity index is 0.00000380. The molecule has 0 aromatic rings. The molecule has 4 rings (SSSR count). The topological polar surface area (TPSA) is 117 Å². The van der Waals surface area contributed by atoms with Gasteiger partial charge in [-0.05, 0) is 58.0 Å². The number of likely N-dealkylation sites (tertiary alicyclic amines) is 1. The number of Topliss-reactive ketones (excluding diaryl/α,β-unsaturated/α-hetero) is 1. The number of nitrogens with zero attached hydrogens (tertiary/aromatic N) is 1. The monoisotopic (exact) mass is 543 g/mol. The summed E-state index contributed by atoms with van der Waals surface area (Å²) in [6.45, 7) is 15.1. The zero-order valence-electron chi connectivity index (χ0n) is 23.0. The van der Waals surface area contributed by atoms with Gasteiger partial charge in [0.15, 0.2) is 11.4 Å². The van der Waals surface area contributed by atoms with Crippen LogP contribution in [0.25, 0.3) is 0 Å². The average Bonchev–Trinajstić information content (AvgIpc) is 2.82. The third-order valence-electron chi connectivity index (χ3n) is 10.1. The van der Waals surface area contributed by atoms with E-state index >= 15 is 0 Å². The van der Waals surface area contributed by atoms with E-state index in [4.69, 9.17) is 9.47 Å². The van der Waals surface area contributed by atoms with E-state index in [1.807, 2.05) is 13.8 Å². The summed E-state index contributed by atoms with van der Waals surface area (Å²) in [7, 11) is 0. The number of esters is 1. The van der Waals surface area contributed by atoms with Crippen LogP contribution in [0.5, 0.6) is 0 Å². The minimum atomic E-state index is -2.19. The Morgan fingerprint density at radius 2 is 1.78 bits per heavy atom. The molecule has 0 bridgehead atoms. The van der Waals surface area contributed by atoms with Gasteiger partial charge in [-0.1, -0.05) is 33.3 Å². The second kappa shape index (κ2) is 10.2. The molecular formula is C28H46ClNO7. The van der Waals surface area contributed by atoms with Gasteiger partial charge in [0.1, 0.15) is 17.8 Å². The molecule has 4 fully saturated rings. The Labute approximate surface area is 227 Å². The van der Waals surface area contributed by atoms with Gasteiger partial charge >= 0.3 is 5.97 Å². The number of aliphatic hydroxyl groups is 3. The van der Waals surface area contributed by atoms with Crippen LogP contribution in [0.3, 0.4) is 0 Å². The number of carbonyl (C=O) groups excluding carboxylic acids is 2. The van der Waals surface area contributed by atoms with Crippen molar-refractivity contribution >= 4 is 24.2 Å². The van der Waals surface area contributed by atoms with Gasteiger partial charge in [-0.2, -0.15) is 0 Å². The first-order valence-corrected chi connectivity index (χ1v) is 13.5.